The van der Waals surface area contributed by atoms with E-state index in [0.29, 0.717) is 17.7 Å². The first-order chi connectivity index (χ1) is 9.32. The third-order valence-corrected chi connectivity index (χ3v) is 6.18. The van der Waals surface area contributed by atoms with Gasteiger partial charge in [0.25, 0.3) is 0 Å². The van der Waals surface area contributed by atoms with Gasteiger partial charge < -0.3 is 0 Å². The summed E-state index contributed by atoms with van der Waals surface area (Å²) in [6, 6.07) is 6.85. The average molecular weight is 292 g/mol. The summed E-state index contributed by atoms with van der Waals surface area (Å²) in [5.41, 5.74) is 2.06. The fourth-order valence-electron chi connectivity index (χ4n) is 2.68. The first-order valence-corrected chi connectivity index (χ1v) is 8.33. The summed E-state index contributed by atoms with van der Waals surface area (Å²) >= 11 is 0. The van der Waals surface area contributed by atoms with Crippen molar-refractivity contribution in [2.24, 2.45) is 5.92 Å². The number of ketones is 1. The Morgan fingerprint density at radius 1 is 1.15 bits per heavy atom. The van der Waals surface area contributed by atoms with E-state index in [1.165, 1.54) is 6.92 Å². The molecule has 1 aromatic rings. The molecule has 0 amide bonds. The Morgan fingerprint density at radius 3 is 2.30 bits per heavy atom. The predicted octanol–water partition coefficient (Wildman–Crippen LogP) is 3.08. The van der Waals surface area contributed by atoms with Crippen LogP contribution >= 0.6 is 0 Å². The molecule has 0 unspecified atom stereocenters. The van der Waals surface area contributed by atoms with Crippen LogP contribution in [-0.4, -0.2) is 19.5 Å². The summed E-state index contributed by atoms with van der Waals surface area (Å²) in [6.07, 6.45) is 2.95. The van der Waals surface area contributed by atoms with Gasteiger partial charge in [0.1, 0.15) is 5.78 Å². The van der Waals surface area contributed by atoms with Crippen molar-refractivity contribution >= 4 is 15.6 Å². The van der Waals surface area contributed by atoms with Crippen LogP contribution in [0.1, 0.15) is 32.3 Å². The lowest BCUT2D eigenvalue weighted by molar-refractivity contribution is -0.120. The molecular formula is C16H20O3S. The van der Waals surface area contributed by atoms with Crippen LogP contribution in [0.5, 0.6) is 0 Å². The number of Topliss-reactive ketones (excluding diaryl/α,β-unsaturated/α-hetero) is 1. The molecule has 0 bridgehead atoms. The highest BCUT2D eigenvalue weighted by Crippen LogP contribution is 2.33. The van der Waals surface area contributed by atoms with Crippen LogP contribution in [0.15, 0.2) is 40.8 Å². The Labute approximate surface area is 120 Å². The molecule has 0 fully saturated rings. The van der Waals surface area contributed by atoms with Crippen molar-refractivity contribution in [1.29, 1.82) is 0 Å². The molecule has 4 heteroatoms. The summed E-state index contributed by atoms with van der Waals surface area (Å²) in [5, 5.41) is -0.632. The largest absolute Gasteiger partial charge is 0.300 e. The number of hydrogen-bond acceptors (Lipinski definition) is 3. The molecule has 0 spiro atoms. The second-order valence-electron chi connectivity index (χ2n) is 5.60. The average Bonchev–Trinajstić information content (AvgIpc) is 2.38. The van der Waals surface area contributed by atoms with Gasteiger partial charge in [-0.25, -0.2) is 8.42 Å². The van der Waals surface area contributed by atoms with Gasteiger partial charge in [-0.05, 0) is 45.7 Å². The van der Waals surface area contributed by atoms with E-state index in [0.717, 1.165) is 11.1 Å². The van der Waals surface area contributed by atoms with Gasteiger partial charge in [0.15, 0.2) is 9.84 Å². The minimum absolute atomic E-state index is 0.0468. The maximum Gasteiger partial charge on any atom is 0.182 e. The van der Waals surface area contributed by atoms with E-state index in [4.69, 9.17) is 0 Å². The molecule has 0 aromatic heterocycles. The summed E-state index contributed by atoms with van der Waals surface area (Å²) in [7, 11) is -3.47. The van der Waals surface area contributed by atoms with Crippen molar-refractivity contribution < 1.29 is 13.2 Å². The standard InChI is InChI=1S/C16H20O3S/c1-11-4-7-14(8-5-11)20(18,19)16-10-12(2)6-9-15(16)13(3)17/h4-8,15-16H,9-10H2,1-3H3/t15-,16+/m0/s1. The number of carbonyl (C=O) groups excluding carboxylic acids is 1. The van der Waals surface area contributed by atoms with Crippen molar-refractivity contribution in [2.45, 2.75) is 43.8 Å². The van der Waals surface area contributed by atoms with Crippen molar-refractivity contribution in [3.05, 3.63) is 41.5 Å². The van der Waals surface area contributed by atoms with Gasteiger partial charge in [-0.2, -0.15) is 0 Å². The molecule has 0 radical (unpaired) electrons. The molecule has 1 aliphatic carbocycles. The Morgan fingerprint density at radius 2 is 1.75 bits per heavy atom. The fraction of sp³-hybridized carbons (Fsp3) is 0.438. The van der Waals surface area contributed by atoms with Crippen molar-refractivity contribution in [3.8, 4) is 0 Å². The Kier molecular flexibility index (Phi) is 4.14. The highest BCUT2D eigenvalue weighted by atomic mass is 32.2. The molecule has 0 saturated heterocycles. The van der Waals surface area contributed by atoms with E-state index in [1.807, 2.05) is 19.9 Å². The third-order valence-electron chi connectivity index (χ3n) is 3.96. The monoisotopic (exact) mass is 292 g/mol. The normalized spacial score (nSPS) is 23.2. The van der Waals surface area contributed by atoms with Crippen molar-refractivity contribution in [3.63, 3.8) is 0 Å². The predicted molar refractivity (Wildman–Crippen MR) is 79.3 cm³/mol. The number of hydrogen-bond donors (Lipinski definition) is 0. The smallest absolute Gasteiger partial charge is 0.182 e. The Hall–Kier alpha value is -1.42. The van der Waals surface area contributed by atoms with Crippen LogP contribution in [0.25, 0.3) is 0 Å². The number of carbonyl (C=O) groups is 1. The highest BCUT2D eigenvalue weighted by Gasteiger charge is 2.38. The number of allylic oxidation sites excluding steroid dienone is 2. The van der Waals surface area contributed by atoms with Gasteiger partial charge in [-0.1, -0.05) is 29.3 Å². The molecule has 3 nitrogen and oxygen atoms in total. The fourth-order valence-corrected chi connectivity index (χ4v) is 4.76. The van der Waals surface area contributed by atoms with Crippen LogP contribution in [0.4, 0.5) is 0 Å². The van der Waals surface area contributed by atoms with E-state index < -0.39 is 21.0 Å². The van der Waals surface area contributed by atoms with Crippen LogP contribution < -0.4 is 0 Å². The van der Waals surface area contributed by atoms with Crippen LogP contribution in [0.3, 0.4) is 0 Å². The van der Waals surface area contributed by atoms with E-state index in [1.54, 1.807) is 24.3 Å². The number of aryl methyl sites for hydroxylation is 1. The van der Waals surface area contributed by atoms with Gasteiger partial charge in [0, 0.05) is 5.92 Å². The van der Waals surface area contributed by atoms with E-state index in [9.17, 15) is 13.2 Å². The number of sulfone groups is 1. The minimum Gasteiger partial charge on any atom is -0.300 e. The zero-order valence-corrected chi connectivity index (χ0v) is 12.9. The van der Waals surface area contributed by atoms with E-state index in [-0.39, 0.29) is 5.78 Å². The minimum atomic E-state index is -3.47. The molecule has 20 heavy (non-hydrogen) atoms. The molecule has 2 rings (SSSR count). The summed E-state index contributed by atoms with van der Waals surface area (Å²) in [6.45, 7) is 5.33. The SMILES string of the molecule is CC(=O)[C@@H]1CC=C(C)C[C@H]1S(=O)(=O)c1ccc(C)cc1. The van der Waals surface area contributed by atoms with Gasteiger partial charge in [-0.15, -0.1) is 0 Å². The van der Waals surface area contributed by atoms with Crippen LogP contribution in [-0.2, 0) is 14.6 Å². The van der Waals surface area contributed by atoms with Gasteiger partial charge in [0.2, 0.25) is 0 Å². The second kappa shape index (κ2) is 5.52. The Balaban J connectivity index is 2.43. The third kappa shape index (κ3) is 2.85. The zero-order chi connectivity index (χ0) is 14.9. The van der Waals surface area contributed by atoms with Crippen molar-refractivity contribution in [1.82, 2.24) is 0 Å². The summed E-state index contributed by atoms with van der Waals surface area (Å²) in [5.74, 6) is -0.473. The maximum absolute atomic E-state index is 12.8. The van der Waals surface area contributed by atoms with Gasteiger partial charge in [-0.3, -0.25) is 4.79 Å². The molecular weight excluding hydrogens is 272 g/mol. The highest BCUT2D eigenvalue weighted by molar-refractivity contribution is 7.92. The molecule has 1 aromatic carbocycles. The summed E-state index contributed by atoms with van der Waals surface area (Å²) < 4.78 is 25.6. The van der Waals surface area contributed by atoms with E-state index >= 15 is 0 Å². The molecule has 0 N–H and O–H groups in total. The van der Waals surface area contributed by atoms with Gasteiger partial charge in [0.05, 0.1) is 10.1 Å². The molecule has 1 aliphatic rings. The molecule has 2 atom stereocenters. The van der Waals surface area contributed by atoms with Crippen LogP contribution in [0.2, 0.25) is 0 Å². The zero-order valence-electron chi connectivity index (χ0n) is 12.1. The number of benzene rings is 1. The quantitative estimate of drug-likeness (QED) is 0.804. The maximum atomic E-state index is 12.8. The lowest BCUT2D eigenvalue weighted by Crippen LogP contribution is -2.36. The molecule has 0 aliphatic heterocycles. The lowest BCUT2D eigenvalue weighted by Gasteiger charge is -2.28. The van der Waals surface area contributed by atoms with Gasteiger partial charge >= 0.3 is 0 Å². The first kappa shape index (κ1) is 15.0. The van der Waals surface area contributed by atoms with Crippen LogP contribution in [0, 0.1) is 12.8 Å². The Bertz CT molecular complexity index is 639. The second-order valence-corrected chi connectivity index (χ2v) is 7.77. The van der Waals surface area contributed by atoms with E-state index in [2.05, 4.69) is 0 Å². The topological polar surface area (TPSA) is 51.2 Å². The molecule has 0 saturated carbocycles. The lowest BCUT2D eigenvalue weighted by atomic mass is 9.87. The van der Waals surface area contributed by atoms with Crippen molar-refractivity contribution in [2.75, 3.05) is 0 Å². The molecule has 108 valence electrons. The first-order valence-electron chi connectivity index (χ1n) is 6.79. The summed E-state index contributed by atoms with van der Waals surface area (Å²) in [4.78, 5) is 12.1. The molecule has 0 heterocycles. The number of rotatable bonds is 3.